The smallest absolute Gasteiger partial charge is 0.257 e. The zero-order valence-electron chi connectivity index (χ0n) is 13.9. The molecule has 1 saturated heterocycles. The van der Waals surface area contributed by atoms with E-state index in [1.54, 1.807) is 0 Å². The van der Waals surface area contributed by atoms with Gasteiger partial charge in [-0.2, -0.15) is 0 Å². The van der Waals surface area contributed by atoms with Crippen LogP contribution in [0.4, 0.5) is 5.69 Å². The third kappa shape index (κ3) is 2.82. The number of rotatable bonds is 3. The molecule has 1 aromatic heterocycles. The number of anilines is 1. The molecule has 5 nitrogen and oxygen atoms in total. The summed E-state index contributed by atoms with van der Waals surface area (Å²) in [6.45, 7) is 3.84. The lowest BCUT2D eigenvalue weighted by molar-refractivity contribution is -0.121. The van der Waals surface area contributed by atoms with E-state index < -0.39 is 5.25 Å². The number of aromatic nitrogens is 1. The second-order valence-electron chi connectivity index (χ2n) is 6.12. The predicted octanol–water partition coefficient (Wildman–Crippen LogP) is 3.87. The van der Waals surface area contributed by atoms with Crippen LogP contribution in [0.1, 0.15) is 17.5 Å². The van der Waals surface area contributed by atoms with Crippen molar-refractivity contribution >= 4 is 40.4 Å². The van der Waals surface area contributed by atoms with Crippen LogP contribution in [0.15, 0.2) is 52.1 Å². The Morgan fingerprint density at radius 1 is 1.16 bits per heavy atom. The average Bonchev–Trinajstić information content (AvgIpc) is 3.11. The Balaban J connectivity index is 1.61. The van der Waals surface area contributed by atoms with Crippen LogP contribution < -0.4 is 4.90 Å². The van der Waals surface area contributed by atoms with Crippen LogP contribution in [0.25, 0.3) is 11.1 Å². The first-order valence-electron chi connectivity index (χ1n) is 7.99. The number of hydrogen-bond donors (Lipinski definition) is 0. The van der Waals surface area contributed by atoms with Crippen LogP contribution in [-0.4, -0.2) is 22.0 Å². The van der Waals surface area contributed by atoms with Gasteiger partial charge in [-0.3, -0.25) is 9.59 Å². The fourth-order valence-electron chi connectivity index (χ4n) is 2.93. The topological polar surface area (TPSA) is 63.4 Å². The van der Waals surface area contributed by atoms with Gasteiger partial charge in [0.1, 0.15) is 10.8 Å². The van der Waals surface area contributed by atoms with Crippen LogP contribution in [-0.2, 0) is 9.59 Å². The number of carbonyl (C=O) groups excluding carboxylic acids is 2. The molecular weight excluding hydrogens is 336 g/mol. The first-order valence-corrected chi connectivity index (χ1v) is 8.87. The summed E-state index contributed by atoms with van der Waals surface area (Å²) >= 11 is 1.21. The molecule has 0 radical (unpaired) electrons. The molecule has 2 amide bonds. The van der Waals surface area contributed by atoms with Gasteiger partial charge in [0.25, 0.3) is 5.22 Å². The molecule has 0 aliphatic carbocycles. The monoisotopic (exact) mass is 352 g/mol. The molecule has 3 aromatic rings. The van der Waals surface area contributed by atoms with Crippen molar-refractivity contribution in [3.05, 3.63) is 53.6 Å². The minimum Gasteiger partial charge on any atom is -0.431 e. The molecule has 126 valence electrons. The largest absolute Gasteiger partial charge is 0.431 e. The number of hydrogen-bond acceptors (Lipinski definition) is 5. The second-order valence-corrected chi connectivity index (χ2v) is 7.27. The van der Waals surface area contributed by atoms with Crippen LogP contribution in [0, 0.1) is 13.8 Å². The maximum Gasteiger partial charge on any atom is 0.257 e. The summed E-state index contributed by atoms with van der Waals surface area (Å²) in [5, 5.41) is -0.101. The zero-order valence-corrected chi connectivity index (χ0v) is 14.7. The van der Waals surface area contributed by atoms with Gasteiger partial charge in [-0.05, 0) is 43.2 Å². The van der Waals surface area contributed by atoms with Crippen molar-refractivity contribution in [2.24, 2.45) is 0 Å². The van der Waals surface area contributed by atoms with Gasteiger partial charge in [0.05, 0.1) is 5.69 Å². The van der Waals surface area contributed by atoms with E-state index in [1.165, 1.54) is 16.7 Å². The fraction of sp³-hybridized carbons (Fsp3) is 0.211. The van der Waals surface area contributed by atoms with Gasteiger partial charge in [-0.25, -0.2) is 9.88 Å². The van der Waals surface area contributed by atoms with Gasteiger partial charge in [0, 0.05) is 6.42 Å². The van der Waals surface area contributed by atoms with E-state index in [0.29, 0.717) is 16.5 Å². The molecule has 0 saturated carbocycles. The first-order chi connectivity index (χ1) is 12.0. The molecule has 2 aromatic carbocycles. The van der Waals surface area contributed by atoms with Crippen LogP contribution in [0.5, 0.6) is 0 Å². The van der Waals surface area contributed by atoms with Gasteiger partial charge in [-0.1, -0.05) is 36.0 Å². The van der Waals surface area contributed by atoms with E-state index in [1.807, 2.05) is 56.3 Å². The minimum absolute atomic E-state index is 0.148. The maximum atomic E-state index is 12.8. The number of fused-ring (bicyclic) bond motifs is 1. The molecule has 4 rings (SSSR count). The molecule has 1 aliphatic rings. The van der Waals surface area contributed by atoms with Gasteiger partial charge in [0.2, 0.25) is 11.8 Å². The number of benzene rings is 2. The number of imide groups is 1. The van der Waals surface area contributed by atoms with Gasteiger partial charge in [-0.15, -0.1) is 0 Å². The van der Waals surface area contributed by atoms with Crippen molar-refractivity contribution in [2.45, 2.75) is 30.7 Å². The van der Waals surface area contributed by atoms with Crippen molar-refractivity contribution < 1.29 is 14.0 Å². The number of carbonyl (C=O) groups is 2. The molecule has 2 heterocycles. The maximum absolute atomic E-state index is 12.8. The molecule has 0 bridgehead atoms. The third-order valence-electron chi connectivity index (χ3n) is 4.23. The summed E-state index contributed by atoms with van der Waals surface area (Å²) < 4.78 is 5.67. The van der Waals surface area contributed by atoms with E-state index in [-0.39, 0.29) is 18.2 Å². The molecule has 25 heavy (non-hydrogen) atoms. The summed E-state index contributed by atoms with van der Waals surface area (Å²) in [5.74, 6) is -0.404. The number of amides is 2. The lowest BCUT2D eigenvalue weighted by Gasteiger charge is -2.17. The van der Waals surface area contributed by atoms with Gasteiger partial charge < -0.3 is 4.42 Å². The van der Waals surface area contributed by atoms with E-state index >= 15 is 0 Å². The summed E-state index contributed by atoms with van der Waals surface area (Å²) in [6.07, 6.45) is 0.148. The number of oxazole rings is 1. The van der Waals surface area contributed by atoms with E-state index in [9.17, 15) is 9.59 Å². The number of para-hydroxylation sites is 2. The molecule has 1 atom stereocenters. The second kappa shape index (κ2) is 6.04. The van der Waals surface area contributed by atoms with Gasteiger partial charge >= 0.3 is 0 Å². The lowest BCUT2D eigenvalue weighted by Crippen LogP contribution is -2.31. The summed E-state index contributed by atoms with van der Waals surface area (Å²) in [6, 6.07) is 13.2. The summed E-state index contributed by atoms with van der Waals surface area (Å²) in [5.41, 5.74) is 3.99. The fourth-order valence-corrected chi connectivity index (χ4v) is 3.90. The highest BCUT2D eigenvalue weighted by Crippen LogP contribution is 2.36. The van der Waals surface area contributed by atoms with Crippen molar-refractivity contribution in [1.29, 1.82) is 0 Å². The Labute approximate surface area is 149 Å². The van der Waals surface area contributed by atoms with Crippen molar-refractivity contribution in [2.75, 3.05) is 4.90 Å². The molecule has 1 aliphatic heterocycles. The SMILES string of the molecule is Cc1ccc(C)c(N2C(=O)C[C@H](Sc3nc4ccccc4o3)C2=O)c1. The summed E-state index contributed by atoms with van der Waals surface area (Å²) in [7, 11) is 0. The molecule has 0 N–H and O–H groups in total. The molecular formula is C19H16N2O3S. The Hall–Kier alpha value is -2.60. The standard InChI is InChI=1S/C19H16N2O3S/c1-11-7-8-12(2)14(9-11)21-17(22)10-16(18(21)23)25-19-20-13-5-3-4-6-15(13)24-19/h3-9,16H,10H2,1-2H3/t16-/m0/s1. The van der Waals surface area contributed by atoms with Crippen LogP contribution in [0.3, 0.4) is 0 Å². The highest BCUT2D eigenvalue weighted by atomic mass is 32.2. The Morgan fingerprint density at radius 3 is 2.76 bits per heavy atom. The highest BCUT2D eigenvalue weighted by Gasteiger charge is 2.41. The van der Waals surface area contributed by atoms with Crippen molar-refractivity contribution in [3.8, 4) is 0 Å². The molecule has 1 fully saturated rings. The zero-order chi connectivity index (χ0) is 17.6. The number of nitrogens with zero attached hydrogens (tertiary/aromatic N) is 2. The quantitative estimate of drug-likeness (QED) is 0.670. The molecule has 0 unspecified atom stereocenters. The lowest BCUT2D eigenvalue weighted by atomic mass is 10.1. The van der Waals surface area contributed by atoms with Gasteiger partial charge in [0.15, 0.2) is 5.58 Å². The average molecular weight is 352 g/mol. The third-order valence-corrected chi connectivity index (χ3v) is 5.26. The number of aryl methyl sites for hydroxylation is 2. The van der Waals surface area contributed by atoms with Crippen molar-refractivity contribution in [3.63, 3.8) is 0 Å². The van der Waals surface area contributed by atoms with Crippen LogP contribution in [0.2, 0.25) is 0 Å². The first kappa shape index (κ1) is 15.9. The Bertz CT molecular complexity index is 962. The van der Waals surface area contributed by atoms with E-state index in [0.717, 1.165) is 16.6 Å². The molecule has 0 spiro atoms. The normalized spacial score (nSPS) is 17.7. The Kier molecular flexibility index (Phi) is 3.84. The highest BCUT2D eigenvalue weighted by molar-refractivity contribution is 8.00. The molecule has 6 heteroatoms. The Morgan fingerprint density at radius 2 is 1.96 bits per heavy atom. The van der Waals surface area contributed by atoms with Crippen LogP contribution >= 0.6 is 11.8 Å². The van der Waals surface area contributed by atoms with E-state index in [2.05, 4.69) is 4.98 Å². The number of thioether (sulfide) groups is 1. The van der Waals surface area contributed by atoms with E-state index in [4.69, 9.17) is 4.42 Å². The summed E-state index contributed by atoms with van der Waals surface area (Å²) in [4.78, 5) is 31.0. The van der Waals surface area contributed by atoms with Crippen molar-refractivity contribution in [1.82, 2.24) is 4.98 Å². The minimum atomic E-state index is -0.513. The predicted molar refractivity (Wildman–Crippen MR) is 96.7 cm³/mol.